The van der Waals surface area contributed by atoms with E-state index in [0.717, 1.165) is 45.1 Å². The summed E-state index contributed by atoms with van der Waals surface area (Å²) in [5, 5.41) is 21.1. The van der Waals surface area contributed by atoms with E-state index in [-0.39, 0.29) is 6.61 Å². The second kappa shape index (κ2) is 16.6. The lowest BCUT2D eigenvalue weighted by Gasteiger charge is -2.10. The maximum atomic E-state index is 9.15. The Morgan fingerprint density at radius 2 is 1.56 bits per heavy atom. The molecule has 0 spiro atoms. The number of hydrogen-bond donors (Lipinski definition) is 4. The van der Waals surface area contributed by atoms with Crippen LogP contribution in [0.1, 0.15) is 84.0 Å². The van der Waals surface area contributed by atoms with E-state index in [9.17, 15) is 0 Å². The molecule has 0 aliphatic rings. The smallest absolute Gasteiger partial charge is 0.228 e. The second-order valence-electron chi connectivity index (χ2n) is 6.91. The van der Waals surface area contributed by atoms with Gasteiger partial charge in [-0.1, -0.05) is 64.7 Å². The van der Waals surface area contributed by atoms with E-state index in [1.54, 1.807) is 6.07 Å². The molecule has 0 aliphatic heterocycles. The summed E-state index contributed by atoms with van der Waals surface area (Å²) in [4.78, 5) is 8.56. The predicted molar refractivity (Wildman–Crippen MR) is 110 cm³/mol. The summed E-state index contributed by atoms with van der Waals surface area (Å²) < 4.78 is 5.72. The summed E-state index contributed by atoms with van der Waals surface area (Å²) in [5.41, 5.74) is 2.07. The Morgan fingerprint density at radius 1 is 0.889 bits per heavy atom. The maximum absolute atomic E-state index is 9.15. The molecule has 0 saturated carbocycles. The van der Waals surface area contributed by atoms with Crippen molar-refractivity contribution in [3.05, 3.63) is 6.07 Å². The van der Waals surface area contributed by atoms with E-state index >= 15 is 0 Å². The van der Waals surface area contributed by atoms with Gasteiger partial charge in [-0.05, 0) is 19.3 Å². The summed E-state index contributed by atoms with van der Waals surface area (Å²) in [5.74, 6) is 1.27. The lowest BCUT2D eigenvalue weighted by molar-refractivity contribution is 0.282. The van der Waals surface area contributed by atoms with Gasteiger partial charge in [0.25, 0.3) is 0 Å². The van der Waals surface area contributed by atoms with Crippen LogP contribution >= 0.6 is 0 Å². The molecule has 27 heavy (non-hydrogen) atoms. The van der Waals surface area contributed by atoms with Gasteiger partial charge in [-0.15, -0.1) is 0 Å². The number of hydrogen-bond acceptors (Lipinski definition) is 7. The third kappa shape index (κ3) is 12.4. The first-order valence-corrected chi connectivity index (χ1v) is 10.6. The Kier molecular flexibility index (Phi) is 14.4. The van der Waals surface area contributed by atoms with Crippen LogP contribution in [-0.2, 0) is 0 Å². The highest BCUT2D eigenvalue weighted by molar-refractivity contribution is 5.42. The van der Waals surface area contributed by atoms with Crippen molar-refractivity contribution < 1.29 is 15.1 Å². The van der Waals surface area contributed by atoms with Crippen molar-refractivity contribution in [3.63, 3.8) is 0 Å². The fourth-order valence-electron chi connectivity index (χ4n) is 2.84. The van der Waals surface area contributed by atoms with Crippen LogP contribution in [0.4, 0.5) is 11.8 Å². The molecule has 0 aromatic carbocycles. The summed E-state index contributed by atoms with van der Waals surface area (Å²) in [6.45, 7) is 3.92. The summed E-state index contributed by atoms with van der Waals surface area (Å²) in [6, 6.07) is 1.60. The van der Waals surface area contributed by atoms with Gasteiger partial charge < -0.3 is 15.2 Å². The van der Waals surface area contributed by atoms with Gasteiger partial charge in [0.05, 0.1) is 6.61 Å². The zero-order chi connectivity index (χ0) is 19.6. The molecule has 7 heteroatoms. The molecule has 4 N–H and O–H groups in total. The van der Waals surface area contributed by atoms with Gasteiger partial charge in [-0.2, -0.15) is 9.97 Å². The first kappa shape index (κ1) is 23.4. The number of unbranched alkanes of at least 4 members (excludes halogenated alkanes) is 10. The highest BCUT2D eigenvalue weighted by Crippen LogP contribution is 2.17. The highest BCUT2D eigenvalue weighted by atomic mass is 16.5. The molecule has 0 fully saturated rings. The van der Waals surface area contributed by atoms with Gasteiger partial charge in [0.2, 0.25) is 11.8 Å². The molecule has 1 heterocycles. The first-order valence-electron chi connectivity index (χ1n) is 10.6. The minimum atomic E-state index is 0.289. The van der Waals surface area contributed by atoms with Gasteiger partial charge >= 0.3 is 0 Å². The highest BCUT2D eigenvalue weighted by Gasteiger charge is 2.05. The third-order valence-electron chi connectivity index (χ3n) is 4.43. The number of aliphatic hydroxyl groups excluding tert-OH is 1. The van der Waals surface area contributed by atoms with Crippen LogP contribution in [0, 0.1) is 0 Å². The third-order valence-corrected chi connectivity index (χ3v) is 4.43. The van der Waals surface area contributed by atoms with Gasteiger partial charge in [0.15, 0.2) is 5.82 Å². The molecule has 156 valence electrons. The Hall–Kier alpha value is -1.60. The number of aromatic nitrogens is 2. The van der Waals surface area contributed by atoms with Crippen LogP contribution in [-0.4, -0.2) is 40.0 Å². The van der Waals surface area contributed by atoms with E-state index in [0.29, 0.717) is 24.3 Å². The standard InChI is InChI=1S/C20H38N4O3/c1-2-3-4-5-10-13-16-27-19-17-18(24-26)22-20(23-19)21-14-11-8-6-7-9-12-15-25/h17,25-26H,2-16H2,1H3,(H2,21,22,23,24). The fraction of sp³-hybridized carbons (Fsp3) is 0.800. The number of aliphatic hydroxyl groups is 1. The zero-order valence-electron chi connectivity index (χ0n) is 16.9. The molecule has 1 rings (SSSR count). The Morgan fingerprint density at radius 3 is 2.26 bits per heavy atom. The number of nitrogens with one attached hydrogen (secondary N) is 2. The minimum absolute atomic E-state index is 0.289. The van der Waals surface area contributed by atoms with Crippen LogP contribution < -0.4 is 15.5 Å². The average molecular weight is 383 g/mol. The van der Waals surface area contributed by atoms with Gasteiger partial charge in [-0.3, -0.25) is 10.7 Å². The molecule has 0 amide bonds. The minimum Gasteiger partial charge on any atom is -0.477 e. The maximum Gasteiger partial charge on any atom is 0.228 e. The predicted octanol–water partition coefficient (Wildman–Crippen LogP) is 4.76. The van der Waals surface area contributed by atoms with Crippen molar-refractivity contribution in [2.45, 2.75) is 84.0 Å². The molecule has 0 bridgehead atoms. The van der Waals surface area contributed by atoms with Crippen molar-refractivity contribution in [2.75, 3.05) is 30.6 Å². The van der Waals surface area contributed by atoms with Crippen molar-refractivity contribution in [1.82, 2.24) is 9.97 Å². The molecule has 0 saturated heterocycles. The summed E-state index contributed by atoms with van der Waals surface area (Å²) >= 11 is 0. The quantitative estimate of drug-likeness (QED) is 0.214. The number of rotatable bonds is 18. The molecule has 1 aromatic heterocycles. The van der Waals surface area contributed by atoms with Crippen molar-refractivity contribution in [2.24, 2.45) is 0 Å². The van der Waals surface area contributed by atoms with E-state index in [2.05, 4.69) is 27.7 Å². The number of ether oxygens (including phenoxy) is 1. The van der Waals surface area contributed by atoms with Crippen molar-refractivity contribution in [1.29, 1.82) is 0 Å². The topological polar surface area (TPSA) is 99.5 Å². The molecule has 0 unspecified atom stereocenters. The SMILES string of the molecule is CCCCCCCCOc1cc(NO)nc(NCCCCCCCCO)n1. The van der Waals surface area contributed by atoms with Gasteiger partial charge in [0.1, 0.15) is 0 Å². The molecule has 0 atom stereocenters. The Balaban J connectivity index is 2.25. The van der Waals surface area contributed by atoms with E-state index in [1.807, 2.05) is 0 Å². The normalized spacial score (nSPS) is 10.8. The lowest BCUT2D eigenvalue weighted by atomic mass is 10.1. The van der Waals surface area contributed by atoms with Crippen LogP contribution in [0.2, 0.25) is 0 Å². The van der Waals surface area contributed by atoms with Crippen LogP contribution in [0.25, 0.3) is 0 Å². The van der Waals surface area contributed by atoms with E-state index < -0.39 is 0 Å². The summed E-state index contributed by atoms with van der Waals surface area (Å²) in [6.07, 6.45) is 13.8. The van der Waals surface area contributed by atoms with Crippen molar-refractivity contribution in [3.8, 4) is 5.88 Å². The van der Waals surface area contributed by atoms with Crippen LogP contribution in [0.3, 0.4) is 0 Å². The molecular formula is C20H38N4O3. The number of anilines is 2. The number of nitrogens with zero attached hydrogens (tertiary/aromatic N) is 2. The van der Waals surface area contributed by atoms with E-state index in [4.69, 9.17) is 15.1 Å². The largest absolute Gasteiger partial charge is 0.477 e. The van der Waals surface area contributed by atoms with Gasteiger partial charge in [0, 0.05) is 19.2 Å². The molecule has 1 aromatic rings. The summed E-state index contributed by atoms with van der Waals surface area (Å²) in [7, 11) is 0. The molecule has 0 radical (unpaired) electrons. The Bertz CT molecular complexity index is 475. The lowest BCUT2D eigenvalue weighted by Crippen LogP contribution is -2.09. The molecule has 7 nitrogen and oxygen atoms in total. The monoisotopic (exact) mass is 382 g/mol. The Labute approximate surface area is 163 Å². The first-order chi connectivity index (χ1) is 13.3. The van der Waals surface area contributed by atoms with Gasteiger partial charge in [-0.25, -0.2) is 0 Å². The van der Waals surface area contributed by atoms with Crippen LogP contribution in [0.15, 0.2) is 6.07 Å². The van der Waals surface area contributed by atoms with Crippen molar-refractivity contribution >= 4 is 11.8 Å². The molecular weight excluding hydrogens is 344 g/mol. The fourth-order valence-corrected chi connectivity index (χ4v) is 2.84. The zero-order valence-corrected chi connectivity index (χ0v) is 16.9. The molecule has 0 aliphatic carbocycles. The van der Waals surface area contributed by atoms with E-state index in [1.165, 1.54) is 38.5 Å². The van der Waals surface area contributed by atoms with Crippen LogP contribution in [0.5, 0.6) is 5.88 Å². The second-order valence-corrected chi connectivity index (χ2v) is 6.91. The average Bonchev–Trinajstić information content (AvgIpc) is 2.69.